The summed E-state index contributed by atoms with van der Waals surface area (Å²) < 4.78 is 29.4. The molecule has 1 unspecified atom stereocenters. The van der Waals surface area contributed by atoms with Crippen LogP contribution in [0.15, 0.2) is 24.3 Å². The van der Waals surface area contributed by atoms with E-state index < -0.39 is 18.6 Å². The molecule has 24 heavy (non-hydrogen) atoms. The fourth-order valence-corrected chi connectivity index (χ4v) is 2.71. The molecule has 1 aromatic carbocycles. The Hall–Kier alpha value is -2.22. The van der Waals surface area contributed by atoms with E-state index in [1.54, 1.807) is 13.1 Å². The molecule has 1 saturated heterocycles. The van der Waals surface area contributed by atoms with Crippen molar-refractivity contribution >= 4 is 11.8 Å². The van der Waals surface area contributed by atoms with Crippen molar-refractivity contribution in [1.29, 1.82) is 0 Å². The van der Waals surface area contributed by atoms with Crippen LogP contribution in [0.2, 0.25) is 0 Å². The van der Waals surface area contributed by atoms with E-state index in [2.05, 4.69) is 15.4 Å². The number of benzene rings is 1. The summed E-state index contributed by atoms with van der Waals surface area (Å²) in [6, 6.07) is 5.24. The highest BCUT2D eigenvalue weighted by atomic mass is 19.3. The smallest absolute Gasteiger partial charge is 0.387 e. The van der Waals surface area contributed by atoms with Crippen LogP contribution >= 0.6 is 0 Å². The van der Waals surface area contributed by atoms with E-state index >= 15 is 0 Å². The maximum absolute atomic E-state index is 12.7. The van der Waals surface area contributed by atoms with Gasteiger partial charge in [-0.3, -0.25) is 9.59 Å². The number of likely N-dealkylation sites (tertiary alicyclic amines) is 1. The number of nitrogens with one attached hydrogen (secondary N) is 2. The Labute approximate surface area is 139 Å². The first-order valence-electron chi connectivity index (χ1n) is 7.81. The summed E-state index contributed by atoms with van der Waals surface area (Å²) in [4.78, 5) is 26.4. The number of para-hydroxylation sites is 1. The molecule has 0 radical (unpaired) electrons. The van der Waals surface area contributed by atoms with Gasteiger partial charge in [0.25, 0.3) is 5.91 Å². The average Bonchev–Trinajstić information content (AvgIpc) is 3.04. The molecule has 6 nitrogen and oxygen atoms in total. The monoisotopic (exact) mass is 341 g/mol. The number of hydrogen-bond donors (Lipinski definition) is 2. The molecule has 1 heterocycles. The molecule has 8 heteroatoms. The zero-order valence-electron chi connectivity index (χ0n) is 13.4. The standard InChI is InChI=1S/C16H21F2N3O3/c1-19-8-9-20-14(22)12-6-4-10-21(12)15(23)11-5-2-3-7-13(11)24-16(17)18/h2-3,5,7,12,16,19H,4,6,8-10H2,1H3,(H,20,22). The molecule has 2 N–H and O–H groups in total. The zero-order valence-corrected chi connectivity index (χ0v) is 13.4. The number of carbonyl (C=O) groups is 2. The first-order chi connectivity index (χ1) is 11.5. The third kappa shape index (κ3) is 4.41. The lowest BCUT2D eigenvalue weighted by atomic mass is 10.1. The van der Waals surface area contributed by atoms with Crippen LogP contribution in [0, 0.1) is 0 Å². The molecule has 0 saturated carbocycles. The van der Waals surface area contributed by atoms with Crippen LogP contribution < -0.4 is 15.4 Å². The van der Waals surface area contributed by atoms with Crippen LogP contribution in [0.25, 0.3) is 0 Å². The van der Waals surface area contributed by atoms with E-state index in [1.165, 1.54) is 23.1 Å². The van der Waals surface area contributed by atoms with Gasteiger partial charge >= 0.3 is 6.61 Å². The number of alkyl halides is 2. The summed E-state index contributed by atoms with van der Waals surface area (Å²) in [5, 5.41) is 5.68. The Morgan fingerprint density at radius 3 is 2.79 bits per heavy atom. The number of hydrogen-bond acceptors (Lipinski definition) is 4. The largest absolute Gasteiger partial charge is 0.434 e. The summed E-state index contributed by atoms with van der Waals surface area (Å²) >= 11 is 0. The first-order valence-corrected chi connectivity index (χ1v) is 7.81. The quantitative estimate of drug-likeness (QED) is 0.732. The third-order valence-corrected chi connectivity index (χ3v) is 3.82. The molecule has 2 rings (SSSR count). The number of ether oxygens (including phenoxy) is 1. The summed E-state index contributed by atoms with van der Waals surface area (Å²) in [5.74, 6) is -0.889. The van der Waals surface area contributed by atoms with Crippen LogP contribution in [0.4, 0.5) is 8.78 Å². The van der Waals surface area contributed by atoms with Gasteiger partial charge in [0.2, 0.25) is 5.91 Å². The molecular weight excluding hydrogens is 320 g/mol. The van der Waals surface area contributed by atoms with Crippen molar-refractivity contribution in [3.63, 3.8) is 0 Å². The van der Waals surface area contributed by atoms with Gasteiger partial charge in [0.1, 0.15) is 11.8 Å². The van der Waals surface area contributed by atoms with Gasteiger partial charge in [-0.2, -0.15) is 8.78 Å². The van der Waals surface area contributed by atoms with Crippen molar-refractivity contribution in [1.82, 2.24) is 15.5 Å². The van der Waals surface area contributed by atoms with Crippen LogP contribution in [0.5, 0.6) is 5.75 Å². The predicted molar refractivity (Wildman–Crippen MR) is 84.1 cm³/mol. The van der Waals surface area contributed by atoms with Crippen molar-refractivity contribution in [2.75, 3.05) is 26.7 Å². The zero-order chi connectivity index (χ0) is 17.5. The van der Waals surface area contributed by atoms with Crippen LogP contribution in [-0.2, 0) is 4.79 Å². The highest BCUT2D eigenvalue weighted by Gasteiger charge is 2.35. The Morgan fingerprint density at radius 1 is 1.33 bits per heavy atom. The fourth-order valence-electron chi connectivity index (χ4n) is 2.71. The van der Waals surface area contributed by atoms with Crippen molar-refractivity contribution in [3.8, 4) is 5.75 Å². The minimum Gasteiger partial charge on any atom is -0.434 e. The van der Waals surface area contributed by atoms with Gasteiger partial charge in [-0.05, 0) is 32.0 Å². The number of nitrogens with zero attached hydrogens (tertiary/aromatic N) is 1. The number of likely N-dealkylation sites (N-methyl/N-ethyl adjacent to an activating group) is 1. The van der Waals surface area contributed by atoms with Crippen molar-refractivity contribution in [3.05, 3.63) is 29.8 Å². The maximum Gasteiger partial charge on any atom is 0.387 e. The number of amides is 2. The highest BCUT2D eigenvalue weighted by Crippen LogP contribution is 2.26. The lowest BCUT2D eigenvalue weighted by Crippen LogP contribution is -2.47. The fraction of sp³-hybridized carbons (Fsp3) is 0.500. The Morgan fingerprint density at radius 2 is 2.08 bits per heavy atom. The van der Waals surface area contributed by atoms with Crippen LogP contribution in [0.1, 0.15) is 23.2 Å². The summed E-state index contributed by atoms with van der Waals surface area (Å²) in [6.45, 7) is -1.53. The van der Waals surface area contributed by atoms with Crippen molar-refractivity contribution in [2.45, 2.75) is 25.5 Å². The van der Waals surface area contributed by atoms with E-state index in [1.807, 2.05) is 0 Å². The van der Waals surface area contributed by atoms with E-state index in [0.717, 1.165) is 0 Å². The SMILES string of the molecule is CNCCNC(=O)C1CCCN1C(=O)c1ccccc1OC(F)F. The Balaban J connectivity index is 2.12. The first kappa shape index (κ1) is 18.1. The molecule has 0 spiro atoms. The molecule has 1 aliphatic rings. The lowest BCUT2D eigenvalue weighted by molar-refractivity contribution is -0.124. The molecular formula is C16H21F2N3O3. The summed E-state index contributed by atoms with van der Waals surface area (Å²) in [5.41, 5.74) is 0.0349. The molecule has 1 aromatic rings. The van der Waals surface area contributed by atoms with Gasteiger partial charge in [0, 0.05) is 19.6 Å². The minimum atomic E-state index is -3.02. The Kier molecular flexibility index (Phi) is 6.48. The second-order valence-electron chi connectivity index (χ2n) is 5.43. The molecule has 132 valence electrons. The average molecular weight is 341 g/mol. The second-order valence-corrected chi connectivity index (χ2v) is 5.43. The summed E-state index contributed by atoms with van der Waals surface area (Å²) in [7, 11) is 1.78. The van der Waals surface area contributed by atoms with Gasteiger partial charge < -0.3 is 20.3 Å². The van der Waals surface area contributed by atoms with Gasteiger partial charge in [-0.1, -0.05) is 12.1 Å². The maximum atomic E-state index is 12.7. The Bertz CT molecular complexity index is 583. The minimum absolute atomic E-state index is 0.0349. The second kappa shape index (κ2) is 8.58. The summed E-state index contributed by atoms with van der Waals surface area (Å²) in [6.07, 6.45) is 1.24. The number of carbonyl (C=O) groups excluding carboxylic acids is 2. The molecule has 1 aliphatic heterocycles. The molecule has 0 aliphatic carbocycles. The molecule has 1 atom stereocenters. The van der Waals surface area contributed by atoms with Gasteiger partial charge in [-0.15, -0.1) is 0 Å². The lowest BCUT2D eigenvalue weighted by Gasteiger charge is -2.25. The van der Waals surface area contributed by atoms with Crippen LogP contribution in [0.3, 0.4) is 0 Å². The number of halogens is 2. The van der Waals surface area contributed by atoms with Gasteiger partial charge in [0.05, 0.1) is 5.56 Å². The van der Waals surface area contributed by atoms with E-state index in [4.69, 9.17) is 0 Å². The van der Waals surface area contributed by atoms with E-state index in [9.17, 15) is 18.4 Å². The van der Waals surface area contributed by atoms with E-state index in [0.29, 0.717) is 32.5 Å². The van der Waals surface area contributed by atoms with Crippen LogP contribution in [-0.4, -0.2) is 56.0 Å². The predicted octanol–water partition coefficient (Wildman–Crippen LogP) is 1.23. The van der Waals surface area contributed by atoms with E-state index in [-0.39, 0.29) is 17.2 Å². The molecule has 0 bridgehead atoms. The normalized spacial score (nSPS) is 17.2. The van der Waals surface area contributed by atoms with Gasteiger partial charge in [-0.25, -0.2) is 0 Å². The van der Waals surface area contributed by atoms with Crippen molar-refractivity contribution in [2.24, 2.45) is 0 Å². The third-order valence-electron chi connectivity index (χ3n) is 3.82. The molecule has 1 fully saturated rings. The molecule has 2 amide bonds. The van der Waals surface area contributed by atoms with Crippen molar-refractivity contribution < 1.29 is 23.1 Å². The molecule has 0 aromatic heterocycles. The number of rotatable bonds is 7. The van der Waals surface area contributed by atoms with Gasteiger partial charge in [0.15, 0.2) is 0 Å². The highest BCUT2D eigenvalue weighted by molar-refractivity contribution is 6.00. The topological polar surface area (TPSA) is 70.7 Å².